The van der Waals surface area contributed by atoms with Gasteiger partial charge in [-0.05, 0) is 45.7 Å². The van der Waals surface area contributed by atoms with E-state index in [1.165, 1.54) is 27.5 Å². The Kier molecular flexibility index (Phi) is 3.40. The van der Waals surface area contributed by atoms with Crippen molar-refractivity contribution in [2.75, 3.05) is 7.11 Å². The number of hydrogen-bond acceptors (Lipinski definition) is 2. The van der Waals surface area contributed by atoms with Crippen LogP contribution in [0.3, 0.4) is 0 Å². The summed E-state index contributed by atoms with van der Waals surface area (Å²) in [7, 11) is 1.69. The van der Waals surface area contributed by atoms with Crippen LogP contribution in [0.2, 0.25) is 0 Å². The first-order valence-electron chi connectivity index (χ1n) is 6.68. The highest BCUT2D eigenvalue weighted by Gasteiger charge is 2.04. The number of methoxy groups -OCH3 is 1. The van der Waals surface area contributed by atoms with Gasteiger partial charge >= 0.3 is 0 Å². The summed E-state index contributed by atoms with van der Waals surface area (Å²) < 4.78 is 5.26. The maximum atomic E-state index is 5.82. The van der Waals surface area contributed by atoms with E-state index in [0.29, 0.717) is 6.54 Å². The summed E-state index contributed by atoms with van der Waals surface area (Å²) >= 11 is 0. The molecule has 3 aromatic carbocycles. The molecule has 0 aliphatic carbocycles. The van der Waals surface area contributed by atoms with Crippen LogP contribution in [0.1, 0.15) is 5.56 Å². The SMILES string of the molecule is COc1ccc2cc(-c3ccccc3CN)ccc2c1. The van der Waals surface area contributed by atoms with Crippen molar-refractivity contribution in [1.82, 2.24) is 0 Å². The largest absolute Gasteiger partial charge is 0.497 e. The van der Waals surface area contributed by atoms with Gasteiger partial charge in [0.15, 0.2) is 0 Å². The smallest absolute Gasteiger partial charge is 0.119 e. The van der Waals surface area contributed by atoms with Gasteiger partial charge in [0.2, 0.25) is 0 Å². The minimum atomic E-state index is 0.552. The minimum Gasteiger partial charge on any atom is -0.497 e. The first-order valence-corrected chi connectivity index (χ1v) is 6.68. The quantitative estimate of drug-likeness (QED) is 0.776. The van der Waals surface area contributed by atoms with Gasteiger partial charge in [-0.25, -0.2) is 0 Å². The van der Waals surface area contributed by atoms with E-state index >= 15 is 0 Å². The van der Waals surface area contributed by atoms with Crippen LogP contribution in [0.15, 0.2) is 60.7 Å². The average molecular weight is 263 g/mol. The van der Waals surface area contributed by atoms with E-state index in [2.05, 4.69) is 36.4 Å². The monoisotopic (exact) mass is 263 g/mol. The molecule has 0 radical (unpaired) electrons. The Labute approximate surface area is 118 Å². The number of rotatable bonds is 3. The molecule has 0 aromatic heterocycles. The third-order valence-electron chi connectivity index (χ3n) is 3.60. The second-order valence-corrected chi connectivity index (χ2v) is 4.79. The van der Waals surface area contributed by atoms with Crippen molar-refractivity contribution in [2.45, 2.75) is 6.54 Å². The molecule has 0 saturated heterocycles. The predicted octanol–water partition coefficient (Wildman–Crippen LogP) is 3.97. The van der Waals surface area contributed by atoms with Crippen LogP contribution < -0.4 is 10.5 Å². The highest BCUT2D eigenvalue weighted by molar-refractivity contribution is 5.88. The van der Waals surface area contributed by atoms with Crippen molar-refractivity contribution in [1.29, 1.82) is 0 Å². The molecule has 2 nitrogen and oxygen atoms in total. The fraction of sp³-hybridized carbons (Fsp3) is 0.111. The lowest BCUT2D eigenvalue weighted by atomic mass is 9.97. The second-order valence-electron chi connectivity index (χ2n) is 4.79. The van der Waals surface area contributed by atoms with Gasteiger partial charge in [0.05, 0.1) is 7.11 Å². The summed E-state index contributed by atoms with van der Waals surface area (Å²) in [5.41, 5.74) is 9.39. The zero-order valence-corrected chi connectivity index (χ0v) is 11.5. The normalized spacial score (nSPS) is 10.7. The molecule has 0 atom stereocenters. The Morgan fingerprint density at radius 1 is 0.900 bits per heavy atom. The molecule has 0 amide bonds. The maximum absolute atomic E-state index is 5.82. The fourth-order valence-corrected chi connectivity index (χ4v) is 2.50. The van der Waals surface area contributed by atoms with Gasteiger partial charge in [0, 0.05) is 6.54 Å². The summed E-state index contributed by atoms with van der Waals surface area (Å²) in [6.45, 7) is 0.552. The summed E-state index contributed by atoms with van der Waals surface area (Å²) in [5.74, 6) is 0.882. The van der Waals surface area contributed by atoms with Crippen LogP contribution in [0.5, 0.6) is 5.75 Å². The zero-order valence-electron chi connectivity index (χ0n) is 11.5. The van der Waals surface area contributed by atoms with Crippen molar-refractivity contribution in [3.8, 4) is 16.9 Å². The third-order valence-corrected chi connectivity index (χ3v) is 3.60. The summed E-state index contributed by atoms with van der Waals surface area (Å²) in [6, 6.07) is 20.8. The Hall–Kier alpha value is -2.32. The molecule has 0 spiro atoms. The molecule has 0 aliphatic rings. The van der Waals surface area contributed by atoms with E-state index in [1.54, 1.807) is 7.11 Å². The molecule has 0 fully saturated rings. The first-order chi connectivity index (χ1) is 9.81. The number of benzene rings is 3. The van der Waals surface area contributed by atoms with Gasteiger partial charge < -0.3 is 10.5 Å². The van der Waals surface area contributed by atoms with E-state index in [1.807, 2.05) is 24.3 Å². The minimum absolute atomic E-state index is 0.552. The predicted molar refractivity (Wildman–Crippen MR) is 83.8 cm³/mol. The Balaban J connectivity index is 2.13. The van der Waals surface area contributed by atoms with Crippen LogP contribution in [0, 0.1) is 0 Å². The van der Waals surface area contributed by atoms with Crippen LogP contribution in [-0.4, -0.2) is 7.11 Å². The lowest BCUT2D eigenvalue weighted by Crippen LogP contribution is -1.98. The van der Waals surface area contributed by atoms with Crippen molar-refractivity contribution in [3.05, 3.63) is 66.2 Å². The molecule has 0 bridgehead atoms. The van der Waals surface area contributed by atoms with Gasteiger partial charge in [-0.2, -0.15) is 0 Å². The Morgan fingerprint density at radius 3 is 2.45 bits per heavy atom. The highest BCUT2D eigenvalue weighted by Crippen LogP contribution is 2.28. The van der Waals surface area contributed by atoms with E-state index in [4.69, 9.17) is 10.5 Å². The Bertz CT molecular complexity index is 749. The molecule has 2 N–H and O–H groups in total. The molecule has 3 aromatic rings. The van der Waals surface area contributed by atoms with Crippen molar-refractivity contribution < 1.29 is 4.74 Å². The summed E-state index contributed by atoms with van der Waals surface area (Å²) in [5, 5.41) is 2.38. The van der Waals surface area contributed by atoms with E-state index in [-0.39, 0.29) is 0 Å². The van der Waals surface area contributed by atoms with Crippen LogP contribution in [-0.2, 0) is 6.54 Å². The highest BCUT2D eigenvalue weighted by atomic mass is 16.5. The zero-order chi connectivity index (χ0) is 13.9. The number of hydrogen-bond donors (Lipinski definition) is 1. The lowest BCUT2D eigenvalue weighted by molar-refractivity contribution is 0.415. The number of ether oxygens (including phenoxy) is 1. The Morgan fingerprint density at radius 2 is 1.65 bits per heavy atom. The second kappa shape index (κ2) is 5.35. The molecule has 3 rings (SSSR count). The maximum Gasteiger partial charge on any atom is 0.119 e. The van der Waals surface area contributed by atoms with E-state index in [0.717, 1.165) is 5.75 Å². The fourth-order valence-electron chi connectivity index (χ4n) is 2.50. The molecule has 0 heterocycles. The molecule has 20 heavy (non-hydrogen) atoms. The van der Waals surface area contributed by atoms with Gasteiger partial charge in [0.1, 0.15) is 5.75 Å². The van der Waals surface area contributed by atoms with E-state index in [9.17, 15) is 0 Å². The van der Waals surface area contributed by atoms with Gasteiger partial charge in [0.25, 0.3) is 0 Å². The molecule has 0 unspecified atom stereocenters. The molecule has 100 valence electrons. The van der Waals surface area contributed by atoms with Crippen molar-refractivity contribution >= 4 is 10.8 Å². The van der Waals surface area contributed by atoms with Crippen LogP contribution in [0.25, 0.3) is 21.9 Å². The van der Waals surface area contributed by atoms with Crippen molar-refractivity contribution in [3.63, 3.8) is 0 Å². The van der Waals surface area contributed by atoms with Gasteiger partial charge in [-0.15, -0.1) is 0 Å². The molecular formula is C18H17NO. The summed E-state index contributed by atoms with van der Waals surface area (Å²) in [6.07, 6.45) is 0. The van der Waals surface area contributed by atoms with Gasteiger partial charge in [-0.3, -0.25) is 0 Å². The average Bonchev–Trinajstić information content (AvgIpc) is 2.53. The number of fused-ring (bicyclic) bond motifs is 1. The van der Waals surface area contributed by atoms with Gasteiger partial charge in [-0.1, -0.05) is 42.5 Å². The first kappa shape index (κ1) is 12.7. The summed E-state index contributed by atoms with van der Waals surface area (Å²) in [4.78, 5) is 0. The lowest BCUT2D eigenvalue weighted by Gasteiger charge is -2.09. The topological polar surface area (TPSA) is 35.2 Å². The van der Waals surface area contributed by atoms with E-state index < -0.39 is 0 Å². The van der Waals surface area contributed by atoms with Crippen LogP contribution >= 0.6 is 0 Å². The molecule has 0 aliphatic heterocycles. The number of nitrogens with two attached hydrogens (primary N) is 1. The van der Waals surface area contributed by atoms with Crippen molar-refractivity contribution in [2.24, 2.45) is 5.73 Å². The molecular weight excluding hydrogens is 246 g/mol. The third kappa shape index (κ3) is 2.26. The molecule has 2 heteroatoms. The molecule has 0 saturated carbocycles. The van der Waals surface area contributed by atoms with Crippen LogP contribution in [0.4, 0.5) is 0 Å². The standard InChI is InChI=1S/C18H17NO/c1-20-17-9-8-13-10-15(7-6-14(13)11-17)18-5-3-2-4-16(18)12-19/h2-11H,12,19H2,1H3.